The van der Waals surface area contributed by atoms with Crippen molar-refractivity contribution in [2.45, 2.75) is 31.6 Å². The zero-order valence-corrected chi connectivity index (χ0v) is 21.1. The number of methoxy groups -OCH3 is 1. The Bertz CT molecular complexity index is 1240. The summed E-state index contributed by atoms with van der Waals surface area (Å²) in [7, 11) is 3.53. The Balaban J connectivity index is 1.94. The van der Waals surface area contributed by atoms with Crippen LogP contribution in [0.4, 0.5) is 23.2 Å². The van der Waals surface area contributed by atoms with Crippen LogP contribution in [0, 0.1) is 17.7 Å². The molecular formula is C28H32F4N4O. The van der Waals surface area contributed by atoms with Gasteiger partial charge in [0, 0.05) is 11.4 Å². The summed E-state index contributed by atoms with van der Waals surface area (Å²) in [5, 5.41) is 6.69. The van der Waals surface area contributed by atoms with E-state index < -0.39 is 18.5 Å². The van der Waals surface area contributed by atoms with Crippen molar-refractivity contribution in [1.29, 1.82) is 0 Å². The van der Waals surface area contributed by atoms with Crippen LogP contribution in [0.3, 0.4) is 0 Å². The third-order valence-electron chi connectivity index (χ3n) is 6.06. The number of allylic oxidation sites excluding steroid dienone is 4. The van der Waals surface area contributed by atoms with Crippen LogP contribution in [-0.2, 0) is 11.3 Å². The second-order valence-electron chi connectivity index (χ2n) is 8.75. The van der Waals surface area contributed by atoms with E-state index in [9.17, 15) is 17.6 Å². The SMILES string of the molecule is C=C/C=C(NCC#Cc1cc2c(NC3CCN(C)CC3)c(F)ccc2n1CC(F)(F)F)\C(=C/C=C)OC. The van der Waals surface area contributed by atoms with Gasteiger partial charge >= 0.3 is 6.18 Å². The number of nitrogens with one attached hydrogen (secondary N) is 2. The van der Waals surface area contributed by atoms with E-state index in [1.807, 2.05) is 7.05 Å². The maximum Gasteiger partial charge on any atom is 0.406 e. The number of rotatable bonds is 9. The van der Waals surface area contributed by atoms with Gasteiger partial charge in [0.25, 0.3) is 0 Å². The van der Waals surface area contributed by atoms with Gasteiger partial charge in [-0.25, -0.2) is 4.39 Å². The smallest absolute Gasteiger partial charge is 0.406 e. The van der Waals surface area contributed by atoms with Crippen molar-refractivity contribution in [3.05, 3.63) is 78.6 Å². The van der Waals surface area contributed by atoms with Gasteiger partial charge in [-0.05, 0) is 69.3 Å². The fourth-order valence-corrected chi connectivity index (χ4v) is 4.26. The summed E-state index contributed by atoms with van der Waals surface area (Å²) in [5.41, 5.74) is 1.22. The highest BCUT2D eigenvalue weighted by Gasteiger charge is 2.30. The van der Waals surface area contributed by atoms with E-state index in [-0.39, 0.29) is 29.5 Å². The Kier molecular flexibility index (Phi) is 9.48. The van der Waals surface area contributed by atoms with Crippen molar-refractivity contribution in [1.82, 2.24) is 14.8 Å². The van der Waals surface area contributed by atoms with Crippen molar-refractivity contribution >= 4 is 16.6 Å². The summed E-state index contributed by atoms with van der Waals surface area (Å²) in [6.45, 7) is 7.94. The van der Waals surface area contributed by atoms with Crippen LogP contribution in [0.15, 0.2) is 67.1 Å². The molecule has 2 aromatic rings. The molecule has 1 aromatic heterocycles. The second kappa shape index (κ2) is 12.5. The number of hydrogen-bond acceptors (Lipinski definition) is 4. The quantitative estimate of drug-likeness (QED) is 0.198. The van der Waals surface area contributed by atoms with Gasteiger partial charge in [0.05, 0.1) is 36.2 Å². The molecule has 1 saturated heterocycles. The molecule has 0 saturated carbocycles. The molecule has 1 aliphatic rings. The van der Waals surface area contributed by atoms with E-state index in [0.29, 0.717) is 16.8 Å². The lowest BCUT2D eigenvalue weighted by atomic mass is 10.0. The van der Waals surface area contributed by atoms with Gasteiger partial charge in [0.2, 0.25) is 0 Å². The monoisotopic (exact) mass is 516 g/mol. The van der Waals surface area contributed by atoms with Crippen LogP contribution in [0.2, 0.25) is 0 Å². The van der Waals surface area contributed by atoms with Crippen molar-refractivity contribution < 1.29 is 22.3 Å². The molecule has 2 N–H and O–H groups in total. The Morgan fingerprint density at radius 2 is 1.89 bits per heavy atom. The molecule has 1 fully saturated rings. The molecule has 0 radical (unpaired) electrons. The highest BCUT2D eigenvalue weighted by molar-refractivity contribution is 5.94. The molecule has 3 rings (SSSR count). The molecule has 5 nitrogen and oxygen atoms in total. The fourth-order valence-electron chi connectivity index (χ4n) is 4.26. The fraction of sp³-hybridized carbons (Fsp3) is 0.357. The minimum atomic E-state index is -4.47. The summed E-state index contributed by atoms with van der Waals surface area (Å²) >= 11 is 0. The van der Waals surface area contributed by atoms with Gasteiger partial charge in [0.1, 0.15) is 18.1 Å². The highest BCUT2D eigenvalue weighted by atomic mass is 19.4. The number of anilines is 1. The number of likely N-dealkylation sites (tertiary alicyclic amines) is 1. The van der Waals surface area contributed by atoms with Gasteiger partial charge in [-0.1, -0.05) is 31.2 Å². The van der Waals surface area contributed by atoms with E-state index in [0.717, 1.165) is 30.5 Å². The molecule has 37 heavy (non-hydrogen) atoms. The first kappa shape index (κ1) is 27.9. The first-order valence-corrected chi connectivity index (χ1v) is 11.9. The second-order valence-corrected chi connectivity index (χ2v) is 8.75. The van der Waals surface area contributed by atoms with E-state index in [4.69, 9.17) is 4.74 Å². The number of fused-ring (bicyclic) bond motifs is 1. The molecule has 198 valence electrons. The minimum absolute atomic E-state index is 0.0367. The standard InChI is InChI=1S/C28H32F4N4O/c1-5-8-24(26(37-4)9-6-2)33-15-7-10-21-18-22-25(36(21)19-28(30,31)32)12-11-23(29)27(22)34-20-13-16-35(3)17-14-20/h5-6,8-9,11-12,18,20,33-34H,1-2,13-17,19H2,3-4H3/b24-8+,26-9+. The molecule has 9 heteroatoms. The summed E-state index contributed by atoms with van der Waals surface area (Å²) in [6, 6.07) is 4.13. The van der Waals surface area contributed by atoms with Crippen LogP contribution in [0.25, 0.3) is 10.9 Å². The number of hydrogen-bond donors (Lipinski definition) is 2. The topological polar surface area (TPSA) is 41.5 Å². The molecule has 0 atom stereocenters. The largest absolute Gasteiger partial charge is 0.495 e. The number of halogens is 4. The molecule has 0 unspecified atom stereocenters. The molecule has 0 spiro atoms. The molecule has 0 aliphatic carbocycles. The Morgan fingerprint density at radius 3 is 2.51 bits per heavy atom. The summed E-state index contributed by atoms with van der Waals surface area (Å²) in [4.78, 5) is 2.19. The van der Waals surface area contributed by atoms with E-state index in [1.165, 1.54) is 25.3 Å². The molecule has 1 aliphatic heterocycles. The maximum absolute atomic E-state index is 14.9. The zero-order valence-electron chi connectivity index (χ0n) is 21.1. The van der Waals surface area contributed by atoms with Gasteiger partial charge in [0.15, 0.2) is 0 Å². The number of ether oxygens (including phenoxy) is 1. The molecule has 0 bridgehead atoms. The number of benzene rings is 1. The van der Waals surface area contributed by atoms with Gasteiger partial charge < -0.3 is 24.8 Å². The highest BCUT2D eigenvalue weighted by Crippen LogP contribution is 2.33. The van der Waals surface area contributed by atoms with Crippen molar-refractivity contribution in [2.75, 3.05) is 39.1 Å². The van der Waals surface area contributed by atoms with Crippen molar-refractivity contribution in [3.8, 4) is 11.8 Å². The van der Waals surface area contributed by atoms with Gasteiger partial charge in [-0.2, -0.15) is 13.2 Å². The number of nitrogens with zero attached hydrogens (tertiary/aromatic N) is 2. The molecule has 0 amide bonds. The van der Waals surface area contributed by atoms with Crippen LogP contribution in [0.5, 0.6) is 0 Å². The summed E-state index contributed by atoms with van der Waals surface area (Å²) in [6.07, 6.45) is 3.64. The first-order chi connectivity index (χ1) is 17.7. The van der Waals surface area contributed by atoms with Crippen molar-refractivity contribution in [2.24, 2.45) is 0 Å². The minimum Gasteiger partial charge on any atom is -0.495 e. The maximum atomic E-state index is 14.9. The lowest BCUT2D eigenvalue weighted by molar-refractivity contribution is -0.140. The average Bonchev–Trinajstić information content (AvgIpc) is 3.18. The van der Waals surface area contributed by atoms with E-state index >= 15 is 0 Å². The predicted octanol–water partition coefficient (Wildman–Crippen LogP) is 5.58. The van der Waals surface area contributed by atoms with Crippen LogP contribution in [0.1, 0.15) is 18.5 Å². The number of aromatic nitrogens is 1. The molecule has 1 aromatic carbocycles. The van der Waals surface area contributed by atoms with Gasteiger partial charge in [-0.3, -0.25) is 0 Å². The third-order valence-corrected chi connectivity index (χ3v) is 6.06. The number of alkyl halides is 3. The molecular weight excluding hydrogens is 484 g/mol. The van der Waals surface area contributed by atoms with Crippen LogP contribution >= 0.6 is 0 Å². The zero-order chi connectivity index (χ0) is 27.0. The van der Waals surface area contributed by atoms with Crippen LogP contribution < -0.4 is 10.6 Å². The van der Waals surface area contributed by atoms with E-state index in [1.54, 1.807) is 24.3 Å². The molecule has 2 heterocycles. The predicted molar refractivity (Wildman–Crippen MR) is 141 cm³/mol. The normalized spacial score (nSPS) is 15.7. The summed E-state index contributed by atoms with van der Waals surface area (Å²) in [5.74, 6) is 5.69. The lowest BCUT2D eigenvalue weighted by Crippen LogP contribution is -2.36. The number of piperidine rings is 1. The summed E-state index contributed by atoms with van der Waals surface area (Å²) < 4.78 is 61.7. The third kappa shape index (κ3) is 7.43. The lowest BCUT2D eigenvalue weighted by Gasteiger charge is -2.30. The first-order valence-electron chi connectivity index (χ1n) is 11.9. The van der Waals surface area contributed by atoms with Crippen molar-refractivity contribution in [3.63, 3.8) is 0 Å². The average molecular weight is 517 g/mol. The van der Waals surface area contributed by atoms with Crippen LogP contribution in [-0.4, -0.2) is 55.5 Å². The van der Waals surface area contributed by atoms with Gasteiger partial charge in [-0.15, -0.1) is 0 Å². The van der Waals surface area contributed by atoms with E-state index in [2.05, 4.69) is 40.5 Å². The Labute approximate surface area is 215 Å². The Hall–Kier alpha value is -3.64. The Morgan fingerprint density at radius 1 is 1.19 bits per heavy atom.